The van der Waals surface area contributed by atoms with Crippen molar-refractivity contribution in [2.75, 3.05) is 23.4 Å². The minimum Gasteiger partial charge on any atom is -0.369 e. The van der Waals surface area contributed by atoms with Crippen LogP contribution >= 0.6 is 0 Å². The predicted octanol–water partition coefficient (Wildman–Crippen LogP) is 0.698. The van der Waals surface area contributed by atoms with Gasteiger partial charge in [0, 0.05) is 13.1 Å². The number of rotatable bonds is 3. The van der Waals surface area contributed by atoms with Crippen molar-refractivity contribution in [3.63, 3.8) is 0 Å². The SMILES string of the molecule is NNc1cc(C(F)(F)F)cc(N2CCC(C(N)=O)C2)n1. The molecule has 1 aliphatic heterocycles. The quantitative estimate of drug-likeness (QED) is 0.562. The van der Waals surface area contributed by atoms with Crippen molar-refractivity contribution in [1.29, 1.82) is 0 Å². The number of hydrogen-bond acceptors (Lipinski definition) is 5. The first kappa shape index (κ1) is 14.4. The normalized spacial score (nSPS) is 19.2. The Morgan fingerprint density at radius 1 is 1.45 bits per heavy atom. The monoisotopic (exact) mass is 289 g/mol. The van der Waals surface area contributed by atoms with E-state index in [2.05, 4.69) is 10.4 Å². The number of carbonyl (C=O) groups is 1. The van der Waals surface area contributed by atoms with E-state index < -0.39 is 17.6 Å². The second-order valence-electron chi connectivity index (χ2n) is 4.58. The molecule has 0 radical (unpaired) electrons. The zero-order valence-electron chi connectivity index (χ0n) is 10.4. The number of anilines is 2. The maximum atomic E-state index is 12.8. The summed E-state index contributed by atoms with van der Waals surface area (Å²) in [5.74, 6) is 4.33. The second kappa shape index (κ2) is 5.16. The Morgan fingerprint density at radius 3 is 2.65 bits per heavy atom. The van der Waals surface area contributed by atoms with Crippen molar-refractivity contribution in [2.45, 2.75) is 12.6 Å². The van der Waals surface area contributed by atoms with Gasteiger partial charge in [-0.15, -0.1) is 0 Å². The van der Waals surface area contributed by atoms with E-state index in [1.54, 1.807) is 4.90 Å². The molecule has 20 heavy (non-hydrogen) atoms. The van der Waals surface area contributed by atoms with Gasteiger partial charge >= 0.3 is 6.18 Å². The topological polar surface area (TPSA) is 97.3 Å². The van der Waals surface area contributed by atoms with E-state index in [9.17, 15) is 18.0 Å². The number of nitrogens with one attached hydrogen (secondary N) is 1. The molecule has 1 unspecified atom stereocenters. The molecule has 2 rings (SSSR count). The number of amides is 1. The summed E-state index contributed by atoms with van der Waals surface area (Å²) in [4.78, 5) is 16.7. The van der Waals surface area contributed by atoms with Gasteiger partial charge in [-0.2, -0.15) is 13.2 Å². The van der Waals surface area contributed by atoms with Gasteiger partial charge < -0.3 is 16.1 Å². The minimum atomic E-state index is -4.49. The summed E-state index contributed by atoms with van der Waals surface area (Å²) < 4.78 is 38.4. The number of nitrogen functional groups attached to an aromatic ring is 1. The highest BCUT2D eigenvalue weighted by atomic mass is 19.4. The van der Waals surface area contributed by atoms with Crippen LogP contribution in [0.1, 0.15) is 12.0 Å². The van der Waals surface area contributed by atoms with Crippen molar-refractivity contribution in [3.8, 4) is 0 Å². The average Bonchev–Trinajstić information content (AvgIpc) is 2.87. The number of hydrogen-bond donors (Lipinski definition) is 3. The van der Waals surface area contributed by atoms with E-state index in [-0.39, 0.29) is 24.1 Å². The summed E-state index contributed by atoms with van der Waals surface area (Å²) in [7, 11) is 0. The number of pyridine rings is 1. The molecule has 5 N–H and O–H groups in total. The zero-order valence-corrected chi connectivity index (χ0v) is 10.4. The van der Waals surface area contributed by atoms with Crippen molar-refractivity contribution in [2.24, 2.45) is 17.5 Å². The lowest BCUT2D eigenvalue weighted by Crippen LogP contribution is -2.28. The molecule has 0 spiro atoms. The molecule has 0 saturated carbocycles. The van der Waals surface area contributed by atoms with Crippen LogP contribution in [0.15, 0.2) is 12.1 Å². The summed E-state index contributed by atoms with van der Waals surface area (Å²) in [5.41, 5.74) is 6.45. The highest BCUT2D eigenvalue weighted by Gasteiger charge is 2.33. The summed E-state index contributed by atoms with van der Waals surface area (Å²) >= 11 is 0. The molecule has 2 heterocycles. The third kappa shape index (κ3) is 2.93. The Labute approximate surface area is 112 Å². The largest absolute Gasteiger partial charge is 0.416 e. The average molecular weight is 289 g/mol. The first-order valence-electron chi connectivity index (χ1n) is 5.91. The number of aromatic nitrogens is 1. The zero-order chi connectivity index (χ0) is 14.9. The lowest BCUT2D eigenvalue weighted by atomic mass is 10.1. The molecule has 0 aromatic carbocycles. The molecule has 110 valence electrons. The van der Waals surface area contributed by atoms with Crippen LogP contribution in [-0.2, 0) is 11.0 Å². The maximum Gasteiger partial charge on any atom is 0.416 e. The van der Waals surface area contributed by atoms with Crippen molar-refractivity contribution in [3.05, 3.63) is 17.7 Å². The lowest BCUT2D eigenvalue weighted by Gasteiger charge is -2.19. The van der Waals surface area contributed by atoms with Gasteiger partial charge in [0.1, 0.15) is 11.6 Å². The fraction of sp³-hybridized carbons (Fsp3) is 0.455. The summed E-state index contributed by atoms with van der Waals surface area (Å²) in [6, 6.07) is 1.76. The number of alkyl halides is 3. The second-order valence-corrected chi connectivity index (χ2v) is 4.58. The number of nitrogens with zero attached hydrogens (tertiary/aromatic N) is 2. The van der Waals surface area contributed by atoms with Gasteiger partial charge in [0.05, 0.1) is 11.5 Å². The first-order valence-corrected chi connectivity index (χ1v) is 5.91. The standard InChI is InChI=1S/C11H14F3N5O/c12-11(13,14)7-3-8(18-16)17-9(4-7)19-2-1-6(5-19)10(15)20/h3-4,6H,1-2,5,16H2,(H2,15,20)(H,17,18). The predicted molar refractivity (Wildman–Crippen MR) is 66.6 cm³/mol. The fourth-order valence-corrected chi connectivity index (χ4v) is 2.12. The van der Waals surface area contributed by atoms with E-state index >= 15 is 0 Å². The molecule has 1 aromatic rings. The van der Waals surface area contributed by atoms with Crippen LogP contribution in [0.3, 0.4) is 0 Å². The molecule has 6 nitrogen and oxygen atoms in total. The number of hydrazine groups is 1. The van der Waals surface area contributed by atoms with Crippen molar-refractivity contribution < 1.29 is 18.0 Å². The number of nitrogens with two attached hydrogens (primary N) is 2. The highest BCUT2D eigenvalue weighted by Crippen LogP contribution is 2.33. The minimum absolute atomic E-state index is 0.0858. The molecule has 1 aromatic heterocycles. The van der Waals surface area contributed by atoms with Crippen LogP contribution in [-0.4, -0.2) is 24.0 Å². The summed E-state index contributed by atoms with van der Waals surface area (Å²) in [5, 5.41) is 0. The maximum absolute atomic E-state index is 12.8. The number of carbonyl (C=O) groups excluding carboxylic acids is 1. The summed E-state index contributed by atoms with van der Waals surface area (Å²) in [6.45, 7) is 0.680. The van der Waals surface area contributed by atoms with Gasteiger partial charge in [-0.25, -0.2) is 10.8 Å². The van der Waals surface area contributed by atoms with E-state index in [0.29, 0.717) is 13.0 Å². The van der Waals surface area contributed by atoms with Gasteiger partial charge in [0.15, 0.2) is 0 Å². The van der Waals surface area contributed by atoms with Gasteiger partial charge in [0.25, 0.3) is 0 Å². The van der Waals surface area contributed by atoms with Gasteiger partial charge in [-0.3, -0.25) is 4.79 Å². The Morgan fingerprint density at radius 2 is 2.15 bits per heavy atom. The molecule has 0 aliphatic carbocycles. The fourth-order valence-electron chi connectivity index (χ4n) is 2.12. The Bertz CT molecular complexity index is 519. The smallest absolute Gasteiger partial charge is 0.369 e. The third-order valence-electron chi connectivity index (χ3n) is 3.20. The first-order chi connectivity index (χ1) is 9.31. The number of primary amides is 1. The Balaban J connectivity index is 2.30. The molecule has 1 atom stereocenters. The molecule has 1 saturated heterocycles. The molecule has 1 amide bonds. The van der Waals surface area contributed by atoms with E-state index in [4.69, 9.17) is 11.6 Å². The van der Waals surface area contributed by atoms with E-state index in [1.165, 1.54) is 0 Å². The van der Waals surface area contributed by atoms with Gasteiger partial charge in [-0.05, 0) is 18.6 Å². The van der Waals surface area contributed by atoms with Crippen molar-refractivity contribution in [1.82, 2.24) is 4.98 Å². The molecule has 0 bridgehead atoms. The van der Waals surface area contributed by atoms with Crippen LogP contribution in [0.2, 0.25) is 0 Å². The van der Waals surface area contributed by atoms with Crippen LogP contribution in [0.25, 0.3) is 0 Å². The van der Waals surface area contributed by atoms with Crippen molar-refractivity contribution >= 4 is 17.5 Å². The van der Waals surface area contributed by atoms with E-state index in [0.717, 1.165) is 12.1 Å². The van der Waals surface area contributed by atoms with Crippen LogP contribution < -0.4 is 21.9 Å². The third-order valence-corrected chi connectivity index (χ3v) is 3.20. The molecular formula is C11H14F3N5O. The molecular weight excluding hydrogens is 275 g/mol. The Hall–Kier alpha value is -2.03. The lowest BCUT2D eigenvalue weighted by molar-refractivity contribution is -0.137. The van der Waals surface area contributed by atoms with Crippen LogP contribution in [0, 0.1) is 5.92 Å². The summed E-state index contributed by atoms with van der Waals surface area (Å²) in [6.07, 6.45) is -4.00. The highest BCUT2D eigenvalue weighted by molar-refractivity contribution is 5.78. The molecule has 1 aliphatic rings. The van der Waals surface area contributed by atoms with Gasteiger partial charge in [0.2, 0.25) is 5.91 Å². The van der Waals surface area contributed by atoms with E-state index in [1.807, 2.05) is 0 Å². The molecule has 1 fully saturated rings. The molecule has 9 heteroatoms. The van der Waals surface area contributed by atoms with Crippen LogP contribution in [0.5, 0.6) is 0 Å². The number of halogens is 3. The van der Waals surface area contributed by atoms with Gasteiger partial charge in [-0.1, -0.05) is 0 Å². The Kier molecular flexibility index (Phi) is 3.71. The van der Waals surface area contributed by atoms with Crippen LogP contribution in [0.4, 0.5) is 24.8 Å².